The maximum atomic E-state index is 12.4. The quantitative estimate of drug-likeness (QED) is 0.744. The Bertz CT molecular complexity index is 769. The van der Waals surface area contributed by atoms with Crippen molar-refractivity contribution < 1.29 is 9.53 Å². The summed E-state index contributed by atoms with van der Waals surface area (Å²) in [5, 5.41) is 3.94. The van der Waals surface area contributed by atoms with Crippen molar-refractivity contribution in [3.05, 3.63) is 50.4 Å². The summed E-state index contributed by atoms with van der Waals surface area (Å²) in [4.78, 5) is 18.6. The number of hydrogen-bond donors (Lipinski definition) is 0. The Morgan fingerprint density at radius 1 is 1.27 bits per heavy atom. The molecule has 1 aromatic heterocycles. The lowest BCUT2D eigenvalue weighted by molar-refractivity contribution is 0.0258. The van der Waals surface area contributed by atoms with Gasteiger partial charge in [-0.3, -0.25) is 0 Å². The number of carbonyl (C=O) groups is 1. The van der Waals surface area contributed by atoms with E-state index in [4.69, 9.17) is 16.3 Å². The van der Waals surface area contributed by atoms with Crippen molar-refractivity contribution in [1.82, 2.24) is 9.88 Å². The highest BCUT2D eigenvalue weighted by Gasteiger charge is 2.25. The van der Waals surface area contributed by atoms with Crippen LogP contribution >= 0.6 is 22.9 Å². The summed E-state index contributed by atoms with van der Waals surface area (Å²) >= 11 is 8.19. The summed E-state index contributed by atoms with van der Waals surface area (Å²) in [6, 6.07) is 4.09. The Morgan fingerprint density at radius 2 is 2.04 bits per heavy atom. The van der Waals surface area contributed by atoms with Crippen molar-refractivity contribution in [2.45, 2.75) is 52.1 Å². The van der Waals surface area contributed by atoms with Gasteiger partial charge in [-0.1, -0.05) is 17.7 Å². The minimum Gasteiger partial charge on any atom is -0.444 e. The number of ether oxygens (including phenoxy) is 1. The highest BCUT2D eigenvalue weighted by atomic mass is 35.5. The Kier molecular flexibility index (Phi) is 5.88. The summed E-state index contributed by atoms with van der Waals surface area (Å²) in [7, 11) is 0. The van der Waals surface area contributed by atoms with Crippen molar-refractivity contribution in [3.8, 4) is 0 Å². The van der Waals surface area contributed by atoms with Crippen LogP contribution in [0.25, 0.3) is 0 Å². The first-order valence-electron chi connectivity index (χ1n) is 8.99. The van der Waals surface area contributed by atoms with Gasteiger partial charge in [0.2, 0.25) is 0 Å². The first-order valence-corrected chi connectivity index (χ1v) is 10.2. The van der Waals surface area contributed by atoms with Crippen molar-refractivity contribution >= 4 is 29.0 Å². The van der Waals surface area contributed by atoms with E-state index in [0.717, 1.165) is 35.7 Å². The molecule has 140 valence electrons. The maximum absolute atomic E-state index is 12.4. The van der Waals surface area contributed by atoms with Crippen LogP contribution in [0.4, 0.5) is 4.79 Å². The fraction of sp³-hybridized carbons (Fsp3) is 0.500. The summed E-state index contributed by atoms with van der Waals surface area (Å²) in [5.41, 5.74) is 3.30. The van der Waals surface area contributed by atoms with Crippen LogP contribution in [0.15, 0.2) is 23.7 Å². The van der Waals surface area contributed by atoms with Gasteiger partial charge in [0.25, 0.3) is 0 Å². The monoisotopic (exact) mass is 392 g/mol. The molecule has 4 nitrogen and oxygen atoms in total. The SMILES string of the molecule is CC(C)(C)OC(=O)N1CCc2ccc(Cl)c(CCc3nccs3)c2CC1. The lowest BCUT2D eigenvalue weighted by Crippen LogP contribution is -2.38. The minimum atomic E-state index is -0.474. The number of carbonyl (C=O) groups excluding carboxylic acids is 1. The summed E-state index contributed by atoms with van der Waals surface area (Å²) in [5.74, 6) is 0. The van der Waals surface area contributed by atoms with Gasteiger partial charge >= 0.3 is 6.09 Å². The molecule has 0 atom stereocenters. The van der Waals surface area contributed by atoms with Crippen molar-refractivity contribution in [2.24, 2.45) is 0 Å². The first-order chi connectivity index (χ1) is 12.3. The van der Waals surface area contributed by atoms with Crippen LogP contribution in [-0.4, -0.2) is 34.7 Å². The van der Waals surface area contributed by atoms with Gasteiger partial charge in [-0.2, -0.15) is 0 Å². The molecular formula is C20H25ClN2O2S. The van der Waals surface area contributed by atoms with E-state index in [9.17, 15) is 4.79 Å². The van der Waals surface area contributed by atoms with Gasteiger partial charge in [0.05, 0.1) is 5.01 Å². The largest absolute Gasteiger partial charge is 0.444 e. The first kappa shape index (κ1) is 19.2. The number of thiazole rings is 1. The lowest BCUT2D eigenvalue weighted by atomic mass is 9.94. The summed E-state index contributed by atoms with van der Waals surface area (Å²) in [6.07, 6.45) is 5.01. The number of fused-ring (bicyclic) bond motifs is 1. The molecule has 0 unspecified atom stereocenters. The molecule has 1 aliphatic heterocycles. The van der Waals surface area contributed by atoms with Gasteiger partial charge in [0.15, 0.2) is 0 Å². The third-order valence-corrected chi connectivity index (χ3v) is 5.67. The number of rotatable bonds is 3. The van der Waals surface area contributed by atoms with E-state index < -0.39 is 5.60 Å². The normalized spacial score (nSPS) is 14.7. The van der Waals surface area contributed by atoms with Crippen molar-refractivity contribution in [1.29, 1.82) is 0 Å². The number of nitrogens with zero attached hydrogens (tertiary/aromatic N) is 2. The predicted molar refractivity (Wildman–Crippen MR) is 106 cm³/mol. The van der Waals surface area contributed by atoms with Crippen LogP contribution in [0.3, 0.4) is 0 Å². The number of amides is 1. The molecule has 0 spiro atoms. The topological polar surface area (TPSA) is 42.4 Å². The van der Waals surface area contributed by atoms with Crippen molar-refractivity contribution in [2.75, 3.05) is 13.1 Å². The average Bonchev–Trinajstić information content (AvgIpc) is 2.97. The Morgan fingerprint density at radius 3 is 2.73 bits per heavy atom. The van der Waals surface area contributed by atoms with E-state index in [0.29, 0.717) is 13.1 Å². The van der Waals surface area contributed by atoms with E-state index in [1.54, 1.807) is 11.3 Å². The zero-order valence-electron chi connectivity index (χ0n) is 15.5. The van der Waals surface area contributed by atoms with Crippen LogP contribution in [-0.2, 0) is 30.4 Å². The number of hydrogen-bond acceptors (Lipinski definition) is 4. The molecule has 0 bridgehead atoms. The van der Waals surface area contributed by atoms with Crippen molar-refractivity contribution in [3.63, 3.8) is 0 Å². The van der Waals surface area contributed by atoms with Crippen LogP contribution in [0.2, 0.25) is 5.02 Å². The number of halogens is 1. The fourth-order valence-electron chi connectivity index (χ4n) is 3.26. The molecular weight excluding hydrogens is 368 g/mol. The smallest absolute Gasteiger partial charge is 0.410 e. The molecule has 0 N–H and O–H groups in total. The van der Waals surface area contributed by atoms with E-state index in [1.807, 2.05) is 43.3 Å². The molecule has 1 aliphatic rings. The highest BCUT2D eigenvalue weighted by Crippen LogP contribution is 2.28. The minimum absolute atomic E-state index is 0.235. The lowest BCUT2D eigenvalue weighted by Gasteiger charge is -2.26. The molecule has 6 heteroatoms. The molecule has 3 rings (SSSR count). The van der Waals surface area contributed by atoms with Crippen LogP contribution in [0.1, 0.15) is 42.5 Å². The highest BCUT2D eigenvalue weighted by molar-refractivity contribution is 7.09. The standard InChI is InChI=1S/C20H25ClN2O2S/c1-20(2,3)25-19(24)23-11-8-14-4-6-17(21)16(15(14)9-12-23)5-7-18-22-10-13-26-18/h4,6,10,13H,5,7-9,11-12H2,1-3H3. The molecule has 1 amide bonds. The van der Waals surface area contributed by atoms with Crippen LogP contribution in [0, 0.1) is 0 Å². The number of aryl methyl sites for hydroxylation is 1. The fourth-order valence-corrected chi connectivity index (χ4v) is 4.15. The zero-order chi connectivity index (χ0) is 18.7. The molecule has 0 fully saturated rings. The molecule has 2 aromatic rings. The number of benzene rings is 1. The van der Waals surface area contributed by atoms with Crippen LogP contribution in [0.5, 0.6) is 0 Å². The zero-order valence-corrected chi connectivity index (χ0v) is 17.1. The molecule has 0 radical (unpaired) electrons. The van der Waals surface area contributed by atoms with Gasteiger partial charge < -0.3 is 9.64 Å². The van der Waals surface area contributed by atoms with Gasteiger partial charge in [-0.25, -0.2) is 9.78 Å². The van der Waals surface area contributed by atoms with E-state index in [-0.39, 0.29) is 6.09 Å². The second-order valence-electron chi connectivity index (χ2n) is 7.56. The summed E-state index contributed by atoms with van der Waals surface area (Å²) < 4.78 is 5.54. The average molecular weight is 393 g/mol. The Labute approximate surface area is 164 Å². The molecule has 2 heterocycles. The third kappa shape index (κ3) is 4.77. The Balaban J connectivity index is 1.75. The molecule has 0 saturated heterocycles. The second-order valence-corrected chi connectivity index (χ2v) is 8.94. The molecule has 0 aliphatic carbocycles. The molecule has 26 heavy (non-hydrogen) atoms. The van der Waals surface area contributed by atoms with E-state index in [1.165, 1.54) is 16.7 Å². The van der Waals surface area contributed by atoms with Gasteiger partial charge in [0.1, 0.15) is 5.60 Å². The Hall–Kier alpha value is -1.59. The summed E-state index contributed by atoms with van der Waals surface area (Å²) in [6.45, 7) is 7.03. The maximum Gasteiger partial charge on any atom is 0.410 e. The predicted octanol–water partition coefficient (Wildman–Crippen LogP) is 4.92. The second kappa shape index (κ2) is 7.97. The van der Waals surface area contributed by atoms with Gasteiger partial charge in [-0.05, 0) is 62.8 Å². The van der Waals surface area contributed by atoms with Gasteiger partial charge in [0, 0.05) is 36.1 Å². The molecule has 1 aromatic carbocycles. The third-order valence-electron chi connectivity index (χ3n) is 4.48. The van der Waals surface area contributed by atoms with E-state index in [2.05, 4.69) is 11.1 Å². The van der Waals surface area contributed by atoms with Gasteiger partial charge in [-0.15, -0.1) is 11.3 Å². The van der Waals surface area contributed by atoms with E-state index >= 15 is 0 Å². The number of aromatic nitrogens is 1. The molecule has 0 saturated carbocycles. The van der Waals surface area contributed by atoms with Crippen LogP contribution < -0.4 is 0 Å².